The van der Waals surface area contributed by atoms with E-state index in [0.29, 0.717) is 6.42 Å². The molecule has 28 heavy (non-hydrogen) atoms. The van der Waals surface area contributed by atoms with E-state index < -0.39 is 29.7 Å². The molecule has 1 heterocycles. The summed E-state index contributed by atoms with van der Waals surface area (Å²) in [6.07, 6.45) is -2.20. The van der Waals surface area contributed by atoms with Gasteiger partial charge in [0.2, 0.25) is 0 Å². The number of nitrogens with zero attached hydrogens (tertiary/aromatic N) is 1. The number of carbonyl (C=O) groups excluding carboxylic acids is 1. The molecule has 2 fully saturated rings. The SMILES string of the molecule is O=C(OCc1ccccc1)N1C[C@H]2C[C@H](Oc3ccccc3F)[C@H](O)[C@@]2(O)C1. The summed E-state index contributed by atoms with van der Waals surface area (Å²) < 4.78 is 24.7. The smallest absolute Gasteiger partial charge is 0.410 e. The molecule has 0 bridgehead atoms. The Bertz CT molecular complexity index is 848. The summed E-state index contributed by atoms with van der Waals surface area (Å²) in [5, 5.41) is 21.6. The minimum atomic E-state index is -1.50. The summed E-state index contributed by atoms with van der Waals surface area (Å²) in [4.78, 5) is 13.7. The molecule has 1 saturated carbocycles. The van der Waals surface area contributed by atoms with E-state index in [1.54, 1.807) is 12.1 Å². The van der Waals surface area contributed by atoms with E-state index in [2.05, 4.69) is 0 Å². The van der Waals surface area contributed by atoms with Gasteiger partial charge in [0, 0.05) is 12.5 Å². The molecule has 2 N–H and O–H groups in total. The number of benzene rings is 2. The van der Waals surface area contributed by atoms with Gasteiger partial charge in [0.15, 0.2) is 11.6 Å². The van der Waals surface area contributed by atoms with Crippen molar-refractivity contribution in [3.8, 4) is 5.75 Å². The van der Waals surface area contributed by atoms with Gasteiger partial charge >= 0.3 is 6.09 Å². The molecule has 4 rings (SSSR count). The van der Waals surface area contributed by atoms with E-state index >= 15 is 0 Å². The molecule has 4 atom stereocenters. The third-order valence-corrected chi connectivity index (χ3v) is 5.55. The molecule has 0 radical (unpaired) electrons. The first-order chi connectivity index (χ1) is 13.5. The van der Waals surface area contributed by atoms with Crippen molar-refractivity contribution in [1.29, 1.82) is 0 Å². The average Bonchev–Trinajstić information content (AvgIpc) is 3.15. The number of carbonyl (C=O) groups is 1. The molecule has 1 aliphatic carbocycles. The molecule has 7 heteroatoms. The number of likely N-dealkylation sites (tertiary alicyclic amines) is 1. The van der Waals surface area contributed by atoms with Crippen LogP contribution in [0.2, 0.25) is 0 Å². The molecule has 0 spiro atoms. The summed E-state index contributed by atoms with van der Waals surface area (Å²) in [5.74, 6) is -0.859. The summed E-state index contributed by atoms with van der Waals surface area (Å²) in [6, 6.07) is 15.3. The Balaban J connectivity index is 1.37. The first kappa shape index (κ1) is 18.7. The van der Waals surface area contributed by atoms with E-state index in [1.165, 1.54) is 17.0 Å². The number of halogens is 1. The van der Waals surface area contributed by atoms with Crippen LogP contribution < -0.4 is 4.74 Å². The largest absolute Gasteiger partial charge is 0.485 e. The number of aliphatic hydroxyl groups is 2. The van der Waals surface area contributed by atoms with Gasteiger partial charge in [-0.1, -0.05) is 42.5 Å². The van der Waals surface area contributed by atoms with E-state index in [4.69, 9.17) is 9.47 Å². The fraction of sp³-hybridized carbons (Fsp3) is 0.381. The first-order valence-corrected chi connectivity index (χ1v) is 9.24. The number of ether oxygens (including phenoxy) is 2. The zero-order valence-electron chi connectivity index (χ0n) is 15.2. The fourth-order valence-electron chi connectivity index (χ4n) is 4.03. The summed E-state index contributed by atoms with van der Waals surface area (Å²) in [7, 11) is 0. The van der Waals surface area contributed by atoms with E-state index in [-0.39, 0.29) is 31.4 Å². The first-order valence-electron chi connectivity index (χ1n) is 9.24. The van der Waals surface area contributed by atoms with Gasteiger partial charge in [-0.05, 0) is 24.1 Å². The van der Waals surface area contributed by atoms with Gasteiger partial charge in [-0.25, -0.2) is 9.18 Å². The molecule has 1 aliphatic heterocycles. The molecule has 2 aliphatic rings. The van der Waals surface area contributed by atoms with Crippen LogP contribution in [0, 0.1) is 11.7 Å². The summed E-state index contributed by atoms with van der Waals surface area (Å²) in [5.41, 5.74) is -0.630. The number of hydrogen-bond acceptors (Lipinski definition) is 5. The van der Waals surface area contributed by atoms with Crippen molar-refractivity contribution in [2.75, 3.05) is 13.1 Å². The van der Waals surface area contributed by atoms with Crippen LogP contribution in [0.1, 0.15) is 12.0 Å². The van der Waals surface area contributed by atoms with Crippen molar-refractivity contribution in [2.24, 2.45) is 5.92 Å². The average molecular weight is 387 g/mol. The highest BCUT2D eigenvalue weighted by atomic mass is 19.1. The molecule has 6 nitrogen and oxygen atoms in total. The normalized spacial score (nSPS) is 28.8. The highest BCUT2D eigenvalue weighted by molar-refractivity contribution is 5.68. The maximum atomic E-state index is 13.8. The van der Waals surface area contributed by atoms with Gasteiger partial charge in [0.25, 0.3) is 0 Å². The van der Waals surface area contributed by atoms with Crippen LogP contribution in [0.4, 0.5) is 9.18 Å². The third kappa shape index (κ3) is 3.43. The molecular weight excluding hydrogens is 365 g/mol. The second kappa shape index (κ2) is 7.41. The summed E-state index contributed by atoms with van der Waals surface area (Å²) in [6.45, 7) is 0.336. The van der Waals surface area contributed by atoms with Crippen LogP contribution in [-0.4, -0.2) is 52.1 Å². The molecule has 2 aromatic carbocycles. The number of aliphatic hydroxyl groups excluding tert-OH is 1. The molecule has 1 saturated heterocycles. The Morgan fingerprint density at radius 3 is 2.61 bits per heavy atom. The third-order valence-electron chi connectivity index (χ3n) is 5.55. The Kier molecular flexibility index (Phi) is 4.95. The lowest BCUT2D eigenvalue weighted by Gasteiger charge is -2.28. The Morgan fingerprint density at radius 1 is 1.18 bits per heavy atom. The number of hydrogen-bond donors (Lipinski definition) is 2. The van der Waals surface area contributed by atoms with Crippen LogP contribution in [0.3, 0.4) is 0 Å². The van der Waals surface area contributed by atoms with Gasteiger partial charge in [0.1, 0.15) is 24.4 Å². The summed E-state index contributed by atoms with van der Waals surface area (Å²) >= 11 is 0. The number of amides is 1. The molecule has 2 aromatic rings. The van der Waals surface area contributed by atoms with Crippen molar-refractivity contribution in [3.63, 3.8) is 0 Å². The second-order valence-corrected chi connectivity index (χ2v) is 7.38. The quantitative estimate of drug-likeness (QED) is 0.842. The van der Waals surface area contributed by atoms with Crippen LogP contribution in [0.15, 0.2) is 54.6 Å². The monoisotopic (exact) mass is 387 g/mol. The molecule has 1 amide bonds. The standard InChI is InChI=1S/C21H22FNO5/c22-16-8-4-5-9-17(16)28-18-10-15-11-23(13-21(15,26)19(18)24)20(25)27-12-14-6-2-1-3-7-14/h1-9,15,18-19,24,26H,10-13H2/t15-,18+,19+,21-/m1/s1. The van der Waals surface area contributed by atoms with Crippen molar-refractivity contribution < 1.29 is 28.9 Å². The lowest BCUT2D eigenvalue weighted by atomic mass is 9.93. The van der Waals surface area contributed by atoms with Crippen molar-refractivity contribution in [1.82, 2.24) is 4.90 Å². The van der Waals surface area contributed by atoms with Gasteiger partial charge in [0.05, 0.1) is 6.54 Å². The van der Waals surface area contributed by atoms with Crippen molar-refractivity contribution in [2.45, 2.75) is 30.8 Å². The number of fused-ring (bicyclic) bond motifs is 1. The maximum Gasteiger partial charge on any atom is 0.410 e. The zero-order valence-corrected chi connectivity index (χ0v) is 15.2. The van der Waals surface area contributed by atoms with Crippen LogP contribution >= 0.6 is 0 Å². The minimum absolute atomic E-state index is 0.0363. The Labute approximate surface area is 162 Å². The van der Waals surface area contributed by atoms with Gasteiger partial charge in [-0.2, -0.15) is 0 Å². The van der Waals surface area contributed by atoms with Gasteiger partial charge in [-0.3, -0.25) is 0 Å². The predicted molar refractivity (Wildman–Crippen MR) is 98.1 cm³/mol. The lowest BCUT2D eigenvalue weighted by molar-refractivity contribution is -0.0863. The molecule has 0 aromatic heterocycles. The Morgan fingerprint density at radius 2 is 1.89 bits per heavy atom. The zero-order chi connectivity index (χ0) is 19.7. The van der Waals surface area contributed by atoms with Crippen LogP contribution in [0.25, 0.3) is 0 Å². The molecular formula is C21H22FNO5. The van der Waals surface area contributed by atoms with E-state index in [1.807, 2.05) is 30.3 Å². The van der Waals surface area contributed by atoms with Gasteiger partial charge in [-0.15, -0.1) is 0 Å². The van der Waals surface area contributed by atoms with E-state index in [0.717, 1.165) is 5.56 Å². The maximum absolute atomic E-state index is 13.8. The number of rotatable bonds is 4. The van der Waals surface area contributed by atoms with Crippen molar-refractivity contribution in [3.05, 3.63) is 66.0 Å². The van der Waals surface area contributed by atoms with E-state index in [9.17, 15) is 19.4 Å². The molecule has 148 valence electrons. The van der Waals surface area contributed by atoms with Crippen LogP contribution in [0.5, 0.6) is 5.75 Å². The number of para-hydroxylation sites is 1. The molecule has 0 unspecified atom stereocenters. The highest BCUT2D eigenvalue weighted by Crippen LogP contribution is 2.43. The lowest BCUT2D eigenvalue weighted by Crippen LogP contribution is -2.49. The second-order valence-electron chi connectivity index (χ2n) is 7.38. The minimum Gasteiger partial charge on any atom is -0.485 e. The van der Waals surface area contributed by atoms with Crippen molar-refractivity contribution >= 4 is 6.09 Å². The number of β-amino-alcohol motifs (C(OH)–C–C–N with tert-alkyl or cyclic N) is 1. The van der Waals surface area contributed by atoms with Gasteiger partial charge < -0.3 is 24.6 Å². The predicted octanol–water partition coefficient (Wildman–Crippen LogP) is 2.34. The van der Waals surface area contributed by atoms with Crippen LogP contribution in [-0.2, 0) is 11.3 Å². The topological polar surface area (TPSA) is 79.2 Å². The highest BCUT2D eigenvalue weighted by Gasteiger charge is 2.60. The fourth-order valence-corrected chi connectivity index (χ4v) is 4.03. The Hall–Kier alpha value is -2.64.